The number of aromatic nitrogens is 2. The van der Waals surface area contributed by atoms with Crippen molar-refractivity contribution in [2.75, 3.05) is 13.7 Å². The topological polar surface area (TPSA) is 47.4 Å². The molecule has 1 aliphatic heterocycles. The highest BCUT2D eigenvalue weighted by Gasteiger charge is 2.34. The maximum Gasteiger partial charge on any atom is 0.255 e. The summed E-state index contributed by atoms with van der Waals surface area (Å²) in [6, 6.07) is 15.7. The predicted octanol–water partition coefficient (Wildman–Crippen LogP) is 6.81. The van der Waals surface area contributed by atoms with Crippen LogP contribution < -0.4 is 4.74 Å². The van der Waals surface area contributed by atoms with Crippen LogP contribution in [0.15, 0.2) is 54.6 Å². The average molecular weight is 492 g/mol. The number of nitrogens with zero attached hydrogens (tertiary/aromatic N) is 3. The van der Waals surface area contributed by atoms with Crippen LogP contribution >= 0.6 is 11.6 Å². The van der Waals surface area contributed by atoms with E-state index in [9.17, 15) is 9.18 Å². The lowest BCUT2D eigenvalue weighted by atomic mass is 9.96. The average Bonchev–Trinajstić information content (AvgIpc) is 3.21. The molecule has 1 unspecified atom stereocenters. The summed E-state index contributed by atoms with van der Waals surface area (Å²) in [7, 11) is 1.63. The summed E-state index contributed by atoms with van der Waals surface area (Å²) < 4.78 is 21.5. The molecule has 4 aromatic rings. The van der Waals surface area contributed by atoms with Gasteiger partial charge in [-0.3, -0.25) is 9.36 Å². The molecule has 0 spiro atoms. The van der Waals surface area contributed by atoms with Crippen LogP contribution in [-0.2, 0) is 0 Å². The van der Waals surface area contributed by atoms with Crippen LogP contribution in [0.5, 0.6) is 5.75 Å². The van der Waals surface area contributed by atoms with Gasteiger partial charge < -0.3 is 9.64 Å². The Morgan fingerprint density at radius 3 is 2.46 bits per heavy atom. The van der Waals surface area contributed by atoms with Crippen molar-refractivity contribution in [3.63, 3.8) is 0 Å². The first kappa shape index (κ1) is 23.4. The number of carbonyl (C=O) groups excluding carboxylic acids is 1. The SMILES string of the molecule is COc1ccc(-n2c(C3CCCCN3C(=O)c3c(C)cc(Cl)cc3C)nc3cc(F)ccc32)cc1. The molecule has 1 aromatic heterocycles. The van der Waals surface area contributed by atoms with Crippen LogP contribution in [0.25, 0.3) is 16.7 Å². The fraction of sp³-hybridized carbons (Fsp3) is 0.286. The number of fused-ring (bicyclic) bond motifs is 1. The Morgan fingerprint density at radius 2 is 1.77 bits per heavy atom. The molecule has 2 heterocycles. The lowest BCUT2D eigenvalue weighted by Gasteiger charge is -2.36. The Morgan fingerprint density at radius 1 is 1.06 bits per heavy atom. The van der Waals surface area contributed by atoms with E-state index in [4.69, 9.17) is 21.3 Å². The van der Waals surface area contributed by atoms with E-state index >= 15 is 0 Å². The van der Waals surface area contributed by atoms with Crippen LogP contribution in [0.3, 0.4) is 0 Å². The molecule has 7 heteroatoms. The van der Waals surface area contributed by atoms with Crippen molar-refractivity contribution in [2.24, 2.45) is 0 Å². The number of hydrogen-bond acceptors (Lipinski definition) is 3. The molecule has 0 bridgehead atoms. The first-order valence-corrected chi connectivity index (χ1v) is 12.1. The summed E-state index contributed by atoms with van der Waals surface area (Å²) in [6.45, 7) is 4.46. The third-order valence-electron chi connectivity index (χ3n) is 6.75. The van der Waals surface area contributed by atoms with Gasteiger partial charge in [0.25, 0.3) is 5.91 Å². The summed E-state index contributed by atoms with van der Waals surface area (Å²) in [4.78, 5) is 20.7. The minimum atomic E-state index is -0.340. The van der Waals surface area contributed by atoms with Gasteiger partial charge in [0.15, 0.2) is 0 Å². The van der Waals surface area contributed by atoms with Crippen molar-refractivity contribution in [1.29, 1.82) is 0 Å². The van der Waals surface area contributed by atoms with Crippen LogP contribution in [0, 0.1) is 19.7 Å². The standard InChI is InChI=1S/C28H27ClFN3O2/c1-17-14-19(29)15-18(2)26(17)28(34)32-13-5-4-6-25(32)27-31-23-16-20(30)7-12-24(23)33(27)21-8-10-22(35-3)11-9-21/h7-12,14-16,25H,4-6,13H2,1-3H3. The van der Waals surface area contributed by atoms with Gasteiger partial charge in [0.05, 0.1) is 24.2 Å². The van der Waals surface area contributed by atoms with Crippen molar-refractivity contribution in [2.45, 2.75) is 39.2 Å². The number of carbonyl (C=O) groups is 1. The second kappa shape index (κ2) is 9.34. The third-order valence-corrected chi connectivity index (χ3v) is 6.96. The molecule has 3 aromatic carbocycles. The molecule has 0 saturated carbocycles. The van der Waals surface area contributed by atoms with Gasteiger partial charge in [-0.05, 0) is 92.8 Å². The first-order chi connectivity index (χ1) is 16.9. The van der Waals surface area contributed by atoms with Crippen molar-refractivity contribution in [3.05, 3.63) is 88.0 Å². The lowest BCUT2D eigenvalue weighted by molar-refractivity contribution is 0.0597. The molecule has 35 heavy (non-hydrogen) atoms. The molecule has 0 radical (unpaired) electrons. The molecule has 0 N–H and O–H groups in total. The number of hydrogen-bond donors (Lipinski definition) is 0. The molecule has 1 aliphatic rings. The fourth-order valence-corrected chi connectivity index (χ4v) is 5.46. The summed E-state index contributed by atoms with van der Waals surface area (Å²) in [5.74, 6) is 1.11. The first-order valence-electron chi connectivity index (χ1n) is 11.8. The number of methoxy groups -OCH3 is 1. The molecule has 1 saturated heterocycles. The van der Waals surface area contributed by atoms with Gasteiger partial charge in [0.1, 0.15) is 17.4 Å². The Labute approximate surface area is 209 Å². The molecule has 5 rings (SSSR count). The highest BCUT2D eigenvalue weighted by atomic mass is 35.5. The maximum absolute atomic E-state index is 14.1. The van der Waals surface area contributed by atoms with E-state index in [1.807, 2.05) is 59.7 Å². The van der Waals surface area contributed by atoms with Crippen molar-refractivity contribution in [3.8, 4) is 11.4 Å². The van der Waals surface area contributed by atoms with E-state index in [0.29, 0.717) is 22.6 Å². The number of halogens is 2. The van der Waals surface area contributed by atoms with Crippen LogP contribution in [-0.4, -0.2) is 34.0 Å². The zero-order valence-corrected chi connectivity index (χ0v) is 20.8. The number of rotatable bonds is 4. The Bertz CT molecular complexity index is 1390. The van der Waals surface area contributed by atoms with Crippen LogP contribution in [0.2, 0.25) is 5.02 Å². The zero-order chi connectivity index (χ0) is 24.7. The number of amides is 1. The quantitative estimate of drug-likeness (QED) is 0.315. The predicted molar refractivity (Wildman–Crippen MR) is 136 cm³/mol. The highest BCUT2D eigenvalue weighted by Crippen LogP contribution is 2.36. The normalized spacial score (nSPS) is 16.0. The maximum atomic E-state index is 14.1. The van der Waals surface area contributed by atoms with Gasteiger partial charge >= 0.3 is 0 Å². The van der Waals surface area contributed by atoms with Crippen molar-refractivity contribution in [1.82, 2.24) is 14.5 Å². The lowest BCUT2D eigenvalue weighted by Crippen LogP contribution is -2.40. The second-order valence-electron chi connectivity index (χ2n) is 9.06. The molecular formula is C28H27ClFN3O2. The molecule has 5 nitrogen and oxygen atoms in total. The number of imidazole rings is 1. The number of aryl methyl sites for hydroxylation is 2. The summed E-state index contributed by atoms with van der Waals surface area (Å²) >= 11 is 6.23. The largest absolute Gasteiger partial charge is 0.497 e. The van der Waals surface area contributed by atoms with Crippen molar-refractivity contribution < 1.29 is 13.9 Å². The highest BCUT2D eigenvalue weighted by molar-refractivity contribution is 6.30. The van der Waals surface area contributed by atoms with E-state index in [2.05, 4.69) is 0 Å². The van der Waals surface area contributed by atoms with Crippen LogP contribution in [0.1, 0.15) is 52.6 Å². The zero-order valence-electron chi connectivity index (χ0n) is 20.0. The van der Waals surface area contributed by atoms with E-state index in [-0.39, 0.29) is 17.8 Å². The number of benzene rings is 3. The number of ether oxygens (including phenoxy) is 1. The van der Waals surface area contributed by atoms with Gasteiger partial charge in [-0.15, -0.1) is 0 Å². The van der Waals surface area contributed by atoms with E-state index < -0.39 is 0 Å². The molecular weight excluding hydrogens is 465 g/mol. The minimum absolute atomic E-state index is 0.0270. The van der Waals surface area contributed by atoms with Gasteiger partial charge in [-0.2, -0.15) is 0 Å². The Hall–Kier alpha value is -3.38. The van der Waals surface area contributed by atoms with Gasteiger partial charge in [-0.25, -0.2) is 9.37 Å². The number of likely N-dealkylation sites (tertiary alicyclic amines) is 1. The molecule has 0 aliphatic carbocycles. The molecule has 1 fully saturated rings. The number of piperidine rings is 1. The van der Waals surface area contributed by atoms with Crippen molar-refractivity contribution >= 4 is 28.5 Å². The Kier molecular flexibility index (Phi) is 6.24. The van der Waals surface area contributed by atoms with Crippen LogP contribution in [0.4, 0.5) is 4.39 Å². The minimum Gasteiger partial charge on any atom is -0.497 e. The van der Waals surface area contributed by atoms with E-state index in [1.165, 1.54) is 12.1 Å². The summed E-state index contributed by atoms with van der Waals surface area (Å²) in [6.07, 6.45) is 2.68. The van der Waals surface area contributed by atoms with Gasteiger partial charge in [0.2, 0.25) is 0 Å². The Balaban J connectivity index is 1.66. The van der Waals surface area contributed by atoms with Gasteiger partial charge in [-0.1, -0.05) is 11.6 Å². The monoisotopic (exact) mass is 491 g/mol. The van der Waals surface area contributed by atoms with E-state index in [0.717, 1.165) is 53.2 Å². The van der Waals surface area contributed by atoms with Gasteiger partial charge in [0, 0.05) is 28.9 Å². The van der Waals surface area contributed by atoms with E-state index in [1.54, 1.807) is 13.2 Å². The summed E-state index contributed by atoms with van der Waals surface area (Å²) in [5, 5.41) is 0.620. The smallest absolute Gasteiger partial charge is 0.255 e. The molecule has 1 atom stereocenters. The molecule has 1 amide bonds. The molecule has 180 valence electrons. The fourth-order valence-electron chi connectivity index (χ4n) is 5.13. The second-order valence-corrected chi connectivity index (χ2v) is 9.50. The summed E-state index contributed by atoms with van der Waals surface area (Å²) in [5.41, 5.74) is 4.63. The third kappa shape index (κ3) is 4.27.